The summed E-state index contributed by atoms with van der Waals surface area (Å²) in [5.41, 5.74) is 2.52. The number of imidazole rings is 1. The summed E-state index contributed by atoms with van der Waals surface area (Å²) in [7, 11) is -3.91. The number of rotatable bonds is 4. The van der Waals surface area contributed by atoms with Crippen molar-refractivity contribution >= 4 is 26.7 Å². The molecule has 0 spiro atoms. The van der Waals surface area contributed by atoms with Gasteiger partial charge in [-0.15, -0.1) is 0 Å². The molecular weight excluding hydrogens is 380 g/mol. The van der Waals surface area contributed by atoms with Crippen molar-refractivity contribution < 1.29 is 13.3 Å². The molecule has 146 valence electrons. The van der Waals surface area contributed by atoms with Gasteiger partial charge in [-0.1, -0.05) is 12.1 Å². The molecule has 1 fully saturated rings. The van der Waals surface area contributed by atoms with E-state index in [9.17, 15) is 18.5 Å². The molecule has 0 amide bonds. The van der Waals surface area contributed by atoms with E-state index < -0.39 is 21.0 Å². The standard InChI is InChI=1S/C19H20N4O4S/c1-12-10-14(23(24)25)11-18(13(12)2)28(26,27)22-9-5-8-17(22)19-20-15-6-3-4-7-16(15)21-19/h3-4,6-7,10-11,17H,5,8-9H2,1-2H3,(H,20,21). The number of nitro groups is 1. The minimum absolute atomic E-state index is 0.0118. The van der Waals surface area contributed by atoms with Gasteiger partial charge in [0.1, 0.15) is 5.82 Å². The highest BCUT2D eigenvalue weighted by Crippen LogP contribution is 2.38. The molecule has 2 aromatic carbocycles. The minimum Gasteiger partial charge on any atom is -0.341 e. The number of nitro benzene ring substituents is 1. The Morgan fingerprint density at radius 3 is 2.71 bits per heavy atom. The first-order valence-corrected chi connectivity index (χ1v) is 10.4. The van der Waals surface area contributed by atoms with Crippen molar-refractivity contribution in [3.8, 4) is 0 Å². The zero-order chi connectivity index (χ0) is 20.1. The zero-order valence-corrected chi connectivity index (χ0v) is 16.4. The lowest BCUT2D eigenvalue weighted by Gasteiger charge is -2.24. The van der Waals surface area contributed by atoms with Gasteiger partial charge in [0.25, 0.3) is 5.69 Å². The van der Waals surface area contributed by atoms with Gasteiger partial charge in [0.15, 0.2) is 0 Å². The fourth-order valence-electron chi connectivity index (χ4n) is 3.74. The molecule has 1 unspecified atom stereocenters. The van der Waals surface area contributed by atoms with Gasteiger partial charge < -0.3 is 4.98 Å². The smallest absolute Gasteiger partial charge is 0.271 e. The number of fused-ring (bicyclic) bond motifs is 1. The molecule has 1 aliphatic heterocycles. The summed E-state index contributed by atoms with van der Waals surface area (Å²) in [5, 5.41) is 11.2. The van der Waals surface area contributed by atoms with Gasteiger partial charge in [-0.3, -0.25) is 10.1 Å². The number of benzene rings is 2. The van der Waals surface area contributed by atoms with Crippen LogP contribution < -0.4 is 0 Å². The monoisotopic (exact) mass is 400 g/mol. The fraction of sp³-hybridized carbons (Fsp3) is 0.316. The number of nitrogens with zero attached hydrogens (tertiary/aromatic N) is 3. The van der Waals surface area contributed by atoms with Crippen molar-refractivity contribution in [3.05, 3.63) is 63.5 Å². The number of sulfonamides is 1. The van der Waals surface area contributed by atoms with Crippen LogP contribution in [-0.2, 0) is 10.0 Å². The summed E-state index contributed by atoms with van der Waals surface area (Å²) in [6.45, 7) is 3.71. The summed E-state index contributed by atoms with van der Waals surface area (Å²) in [5.74, 6) is 0.599. The second kappa shape index (κ2) is 6.68. The highest BCUT2D eigenvalue weighted by molar-refractivity contribution is 7.89. The third-order valence-electron chi connectivity index (χ3n) is 5.33. The average Bonchev–Trinajstić information content (AvgIpc) is 3.30. The summed E-state index contributed by atoms with van der Waals surface area (Å²) < 4.78 is 28.3. The predicted molar refractivity (Wildman–Crippen MR) is 105 cm³/mol. The van der Waals surface area contributed by atoms with Crippen LogP contribution in [0.2, 0.25) is 0 Å². The number of aromatic amines is 1. The molecule has 1 N–H and O–H groups in total. The lowest BCUT2D eigenvalue weighted by atomic mass is 10.1. The Morgan fingerprint density at radius 2 is 2.00 bits per heavy atom. The van der Waals surface area contributed by atoms with Crippen LogP contribution in [0.1, 0.15) is 35.8 Å². The number of H-pyrrole nitrogens is 1. The van der Waals surface area contributed by atoms with Crippen LogP contribution in [0.15, 0.2) is 41.3 Å². The summed E-state index contributed by atoms with van der Waals surface area (Å²) in [6, 6.07) is 9.68. The maximum atomic E-state index is 13.4. The van der Waals surface area contributed by atoms with Gasteiger partial charge in [-0.05, 0) is 49.9 Å². The topological polar surface area (TPSA) is 109 Å². The van der Waals surface area contributed by atoms with Crippen LogP contribution in [0.3, 0.4) is 0 Å². The van der Waals surface area contributed by atoms with Crippen molar-refractivity contribution in [2.45, 2.75) is 37.6 Å². The Bertz CT molecular complexity index is 1150. The fourth-order valence-corrected chi connectivity index (χ4v) is 5.72. The number of aromatic nitrogens is 2. The molecule has 8 nitrogen and oxygen atoms in total. The largest absolute Gasteiger partial charge is 0.341 e. The van der Waals surface area contributed by atoms with Crippen LogP contribution >= 0.6 is 0 Å². The summed E-state index contributed by atoms with van der Waals surface area (Å²) in [6.07, 6.45) is 1.35. The van der Waals surface area contributed by atoms with Crippen LogP contribution in [-0.4, -0.2) is 34.2 Å². The Labute approximate surface area is 162 Å². The van der Waals surface area contributed by atoms with Crippen LogP contribution in [0.5, 0.6) is 0 Å². The summed E-state index contributed by atoms with van der Waals surface area (Å²) in [4.78, 5) is 18.4. The van der Waals surface area contributed by atoms with Gasteiger partial charge in [0.05, 0.1) is 26.9 Å². The number of nitrogens with one attached hydrogen (secondary N) is 1. The SMILES string of the molecule is Cc1cc([N+](=O)[O-])cc(S(=O)(=O)N2CCCC2c2nc3ccccc3[nH]2)c1C. The van der Waals surface area contributed by atoms with Crippen molar-refractivity contribution in [3.63, 3.8) is 0 Å². The van der Waals surface area contributed by atoms with Crippen molar-refractivity contribution in [1.29, 1.82) is 0 Å². The molecule has 1 saturated heterocycles. The number of non-ortho nitro benzene ring substituents is 1. The average molecular weight is 400 g/mol. The third kappa shape index (κ3) is 2.96. The van der Waals surface area contributed by atoms with E-state index in [1.165, 1.54) is 10.4 Å². The number of aryl methyl sites for hydroxylation is 1. The second-order valence-corrected chi connectivity index (χ2v) is 8.91. The Hall–Kier alpha value is -2.78. The highest BCUT2D eigenvalue weighted by atomic mass is 32.2. The maximum Gasteiger partial charge on any atom is 0.271 e. The maximum absolute atomic E-state index is 13.4. The molecule has 0 radical (unpaired) electrons. The summed E-state index contributed by atoms with van der Waals surface area (Å²) >= 11 is 0. The number of hydrogen-bond acceptors (Lipinski definition) is 5. The Morgan fingerprint density at radius 1 is 1.25 bits per heavy atom. The molecule has 9 heteroatoms. The van der Waals surface area contributed by atoms with Crippen molar-refractivity contribution in [2.24, 2.45) is 0 Å². The van der Waals surface area contributed by atoms with Gasteiger partial charge >= 0.3 is 0 Å². The van der Waals surface area contributed by atoms with Crippen LogP contribution in [0, 0.1) is 24.0 Å². The molecule has 0 bridgehead atoms. The van der Waals surface area contributed by atoms with E-state index in [-0.39, 0.29) is 10.6 Å². The first-order valence-electron chi connectivity index (χ1n) is 9.01. The van der Waals surface area contributed by atoms with E-state index in [4.69, 9.17) is 0 Å². The predicted octanol–water partition coefficient (Wildman–Crippen LogP) is 3.61. The molecule has 1 atom stereocenters. The molecule has 1 aromatic heterocycles. The molecular formula is C19H20N4O4S. The minimum atomic E-state index is -3.91. The first kappa shape index (κ1) is 18.6. The van der Waals surface area contributed by atoms with Gasteiger partial charge in [-0.25, -0.2) is 13.4 Å². The molecule has 4 rings (SSSR count). The van der Waals surface area contributed by atoms with Gasteiger partial charge in [0, 0.05) is 18.7 Å². The van der Waals surface area contributed by atoms with E-state index in [0.717, 1.165) is 17.1 Å². The first-order chi connectivity index (χ1) is 13.3. The number of hydrogen-bond donors (Lipinski definition) is 1. The number of para-hydroxylation sites is 2. The van der Waals surface area contributed by atoms with Crippen molar-refractivity contribution in [1.82, 2.24) is 14.3 Å². The molecule has 0 aliphatic carbocycles. The van der Waals surface area contributed by atoms with Crippen LogP contribution in [0.25, 0.3) is 11.0 Å². The zero-order valence-electron chi connectivity index (χ0n) is 15.5. The van der Waals surface area contributed by atoms with Gasteiger partial charge in [-0.2, -0.15) is 4.31 Å². The normalized spacial score (nSPS) is 18.0. The Kier molecular flexibility index (Phi) is 4.43. The van der Waals surface area contributed by atoms with Crippen LogP contribution in [0.4, 0.5) is 5.69 Å². The van der Waals surface area contributed by atoms with E-state index in [1.54, 1.807) is 13.8 Å². The quantitative estimate of drug-likeness (QED) is 0.531. The van der Waals surface area contributed by atoms with E-state index in [0.29, 0.717) is 36.3 Å². The van der Waals surface area contributed by atoms with Crippen molar-refractivity contribution in [2.75, 3.05) is 6.54 Å². The Balaban J connectivity index is 1.79. The lowest BCUT2D eigenvalue weighted by molar-refractivity contribution is -0.385. The highest BCUT2D eigenvalue weighted by Gasteiger charge is 2.39. The lowest BCUT2D eigenvalue weighted by Crippen LogP contribution is -2.31. The third-order valence-corrected chi connectivity index (χ3v) is 7.36. The molecule has 0 saturated carbocycles. The second-order valence-electron chi connectivity index (χ2n) is 7.06. The molecule has 1 aliphatic rings. The van der Waals surface area contributed by atoms with E-state index in [1.807, 2.05) is 24.3 Å². The van der Waals surface area contributed by atoms with E-state index >= 15 is 0 Å². The van der Waals surface area contributed by atoms with E-state index in [2.05, 4.69) is 9.97 Å². The molecule has 2 heterocycles. The molecule has 28 heavy (non-hydrogen) atoms. The molecule has 3 aromatic rings. The van der Waals surface area contributed by atoms with Gasteiger partial charge in [0.2, 0.25) is 10.0 Å².